The minimum Gasteiger partial charge on any atom is -0.335 e. The molecule has 0 N–H and O–H groups in total. The zero-order chi connectivity index (χ0) is 22.7. The molecule has 0 radical (unpaired) electrons. The predicted octanol–water partition coefficient (Wildman–Crippen LogP) is 3.61. The summed E-state index contributed by atoms with van der Waals surface area (Å²) in [6.45, 7) is 3.10. The van der Waals surface area contributed by atoms with Crippen LogP contribution in [-0.4, -0.2) is 64.1 Å². The van der Waals surface area contributed by atoms with E-state index >= 15 is 0 Å². The maximum Gasteiger partial charge on any atom is 0.264 e. The molecule has 0 aliphatic carbocycles. The Morgan fingerprint density at radius 3 is 2.76 bits per heavy atom. The molecule has 168 valence electrons. The quantitative estimate of drug-likeness (QED) is 0.380. The predicted molar refractivity (Wildman–Crippen MR) is 130 cm³/mol. The van der Waals surface area contributed by atoms with Crippen LogP contribution >= 0.6 is 22.7 Å². The molecular weight excluding hydrogens is 478 g/mol. The number of aryl methyl sites for hydroxylation is 1. The number of aromatic nitrogens is 3. The molecule has 33 heavy (non-hydrogen) atoms. The summed E-state index contributed by atoms with van der Waals surface area (Å²) in [5.41, 5.74) is 2.38. The zero-order valence-corrected chi connectivity index (χ0v) is 20.1. The average Bonchev–Trinajstić information content (AvgIpc) is 3.51. The number of sulfonamides is 1. The second kappa shape index (κ2) is 7.59. The van der Waals surface area contributed by atoms with Crippen LogP contribution in [0.2, 0.25) is 0 Å². The third-order valence-corrected chi connectivity index (χ3v) is 9.60. The standard InChI is InChI=1S/C22H19N5O3S3/c1-14-11-15-3-2-4-18(19(15)23-13-14)33(29,30)26-7-5-25(6-8-26)21(28)17-12-16-20(32-17)24-22-27(16)9-10-31-22/h2-4,9-13H,5-8H2,1H3. The zero-order valence-electron chi connectivity index (χ0n) is 17.6. The largest absolute Gasteiger partial charge is 0.335 e. The van der Waals surface area contributed by atoms with Crippen molar-refractivity contribution in [2.45, 2.75) is 11.8 Å². The van der Waals surface area contributed by atoms with E-state index < -0.39 is 10.0 Å². The lowest BCUT2D eigenvalue weighted by Gasteiger charge is -2.33. The molecule has 11 heteroatoms. The molecule has 1 aliphatic rings. The van der Waals surface area contributed by atoms with E-state index in [2.05, 4.69) is 9.97 Å². The molecular formula is C22H19N5O3S3. The van der Waals surface area contributed by atoms with Gasteiger partial charge < -0.3 is 4.90 Å². The van der Waals surface area contributed by atoms with E-state index in [1.165, 1.54) is 15.6 Å². The molecule has 1 saturated heterocycles. The lowest BCUT2D eigenvalue weighted by Crippen LogP contribution is -2.50. The number of benzene rings is 1. The number of para-hydroxylation sites is 1. The Balaban J connectivity index is 1.22. The maximum absolute atomic E-state index is 13.4. The fourth-order valence-corrected chi connectivity index (χ4v) is 7.59. The van der Waals surface area contributed by atoms with Crippen molar-refractivity contribution in [3.63, 3.8) is 0 Å². The van der Waals surface area contributed by atoms with Gasteiger partial charge in [-0.3, -0.25) is 14.2 Å². The maximum atomic E-state index is 13.4. The highest BCUT2D eigenvalue weighted by molar-refractivity contribution is 7.89. The first-order chi connectivity index (χ1) is 15.9. The van der Waals surface area contributed by atoms with Crippen molar-refractivity contribution >= 4 is 64.8 Å². The topological polar surface area (TPSA) is 87.9 Å². The van der Waals surface area contributed by atoms with Gasteiger partial charge in [-0.25, -0.2) is 13.4 Å². The van der Waals surface area contributed by atoms with Gasteiger partial charge in [0.1, 0.15) is 9.73 Å². The van der Waals surface area contributed by atoms with E-state index in [-0.39, 0.29) is 23.9 Å². The molecule has 5 heterocycles. The SMILES string of the molecule is Cc1cnc2c(S(=O)(=O)N3CCN(C(=O)c4cc5c(nc6sccn65)s4)CC3)cccc2c1. The fourth-order valence-electron chi connectivity index (χ4n) is 4.23. The third kappa shape index (κ3) is 3.34. The van der Waals surface area contributed by atoms with Gasteiger partial charge in [0.15, 0.2) is 4.96 Å². The summed E-state index contributed by atoms with van der Waals surface area (Å²) in [5.74, 6) is -0.0821. The van der Waals surface area contributed by atoms with Gasteiger partial charge in [-0.2, -0.15) is 4.31 Å². The van der Waals surface area contributed by atoms with E-state index in [0.717, 1.165) is 26.3 Å². The van der Waals surface area contributed by atoms with Crippen LogP contribution in [0.5, 0.6) is 0 Å². The first-order valence-corrected chi connectivity index (χ1v) is 13.6. The van der Waals surface area contributed by atoms with Gasteiger partial charge in [0.25, 0.3) is 5.91 Å². The van der Waals surface area contributed by atoms with Gasteiger partial charge in [0, 0.05) is 49.3 Å². The van der Waals surface area contributed by atoms with Crippen molar-refractivity contribution in [3.8, 4) is 0 Å². The summed E-state index contributed by atoms with van der Waals surface area (Å²) in [5, 5.41) is 2.76. The second-order valence-corrected chi connectivity index (χ2v) is 11.8. The average molecular weight is 498 g/mol. The van der Waals surface area contributed by atoms with Crippen LogP contribution in [0.25, 0.3) is 26.2 Å². The second-order valence-electron chi connectivity index (χ2n) is 8.01. The molecule has 0 unspecified atom stereocenters. The van der Waals surface area contributed by atoms with E-state index in [9.17, 15) is 13.2 Å². The van der Waals surface area contributed by atoms with E-state index in [1.807, 2.05) is 41.1 Å². The summed E-state index contributed by atoms with van der Waals surface area (Å²) in [4.78, 5) is 26.3. The first kappa shape index (κ1) is 20.7. The number of piperazine rings is 1. The highest BCUT2D eigenvalue weighted by atomic mass is 32.2. The van der Waals surface area contributed by atoms with E-state index in [4.69, 9.17) is 0 Å². The number of thiophene rings is 1. The molecule has 0 atom stereocenters. The van der Waals surface area contributed by atoms with Crippen molar-refractivity contribution in [2.75, 3.05) is 26.2 Å². The van der Waals surface area contributed by atoms with Crippen molar-refractivity contribution in [2.24, 2.45) is 0 Å². The van der Waals surface area contributed by atoms with Gasteiger partial charge in [-0.1, -0.05) is 12.1 Å². The molecule has 0 spiro atoms. The van der Waals surface area contributed by atoms with Gasteiger partial charge in [0.05, 0.1) is 15.9 Å². The highest BCUT2D eigenvalue weighted by Gasteiger charge is 2.32. The number of fused-ring (bicyclic) bond motifs is 4. The van der Waals surface area contributed by atoms with Crippen molar-refractivity contribution < 1.29 is 13.2 Å². The fraction of sp³-hybridized carbons (Fsp3) is 0.227. The number of nitrogens with zero attached hydrogens (tertiary/aromatic N) is 5. The summed E-state index contributed by atoms with van der Waals surface area (Å²) in [6.07, 6.45) is 3.63. The van der Waals surface area contributed by atoms with Crippen LogP contribution in [0.15, 0.2) is 53.0 Å². The lowest BCUT2D eigenvalue weighted by atomic mass is 10.2. The Hall–Kier alpha value is -2.86. The molecule has 1 fully saturated rings. The van der Waals surface area contributed by atoms with Crippen LogP contribution in [0, 0.1) is 6.92 Å². The number of thiazole rings is 1. The van der Waals surface area contributed by atoms with Crippen LogP contribution in [0.4, 0.5) is 0 Å². The Morgan fingerprint density at radius 2 is 1.94 bits per heavy atom. The molecule has 8 nitrogen and oxygen atoms in total. The minimum atomic E-state index is -3.72. The summed E-state index contributed by atoms with van der Waals surface area (Å²) in [6, 6.07) is 9.02. The molecule has 1 aliphatic heterocycles. The number of pyridine rings is 1. The van der Waals surface area contributed by atoms with Crippen LogP contribution in [-0.2, 0) is 10.0 Å². The Kier molecular flexibility index (Phi) is 4.77. The summed E-state index contributed by atoms with van der Waals surface area (Å²) < 4.78 is 30.2. The smallest absolute Gasteiger partial charge is 0.264 e. The third-order valence-electron chi connectivity index (χ3n) is 5.90. The lowest BCUT2D eigenvalue weighted by molar-refractivity contribution is 0.0703. The number of hydrogen-bond acceptors (Lipinski definition) is 7. The van der Waals surface area contributed by atoms with Crippen molar-refractivity contribution in [1.29, 1.82) is 0 Å². The molecule has 4 aromatic heterocycles. The number of hydrogen-bond donors (Lipinski definition) is 0. The highest BCUT2D eigenvalue weighted by Crippen LogP contribution is 2.30. The number of carbonyl (C=O) groups is 1. The molecule has 1 amide bonds. The van der Waals surface area contributed by atoms with Gasteiger partial charge in [0.2, 0.25) is 10.0 Å². The van der Waals surface area contributed by atoms with Crippen LogP contribution in [0.3, 0.4) is 0 Å². The Morgan fingerprint density at radius 1 is 1.12 bits per heavy atom. The molecule has 6 rings (SSSR count). The first-order valence-electron chi connectivity index (χ1n) is 10.4. The van der Waals surface area contributed by atoms with Crippen LogP contribution in [0.1, 0.15) is 15.2 Å². The number of rotatable bonds is 3. The van der Waals surface area contributed by atoms with Gasteiger partial charge >= 0.3 is 0 Å². The molecule has 5 aromatic rings. The molecule has 1 aromatic carbocycles. The molecule has 0 bridgehead atoms. The van der Waals surface area contributed by atoms with Gasteiger partial charge in [-0.05, 0) is 30.7 Å². The monoisotopic (exact) mass is 497 g/mol. The number of imidazole rings is 1. The Bertz CT molecular complexity index is 1640. The van der Waals surface area contributed by atoms with E-state index in [0.29, 0.717) is 23.5 Å². The Labute approximate surface area is 197 Å². The minimum absolute atomic E-state index is 0.0821. The summed E-state index contributed by atoms with van der Waals surface area (Å²) >= 11 is 2.94. The molecule has 0 saturated carbocycles. The number of amides is 1. The number of carbonyl (C=O) groups excluding carboxylic acids is 1. The van der Waals surface area contributed by atoms with Crippen molar-refractivity contribution in [3.05, 3.63) is 58.5 Å². The van der Waals surface area contributed by atoms with Crippen LogP contribution < -0.4 is 0 Å². The van der Waals surface area contributed by atoms with Gasteiger partial charge in [-0.15, -0.1) is 22.7 Å². The van der Waals surface area contributed by atoms with E-state index in [1.54, 1.807) is 34.6 Å². The summed E-state index contributed by atoms with van der Waals surface area (Å²) in [7, 11) is -3.72. The normalized spacial score (nSPS) is 15.7. The van der Waals surface area contributed by atoms with Crippen molar-refractivity contribution in [1.82, 2.24) is 23.6 Å².